The molecular formula is C12H11FN2O2. The second kappa shape index (κ2) is 4.37. The smallest absolute Gasteiger partial charge is 0.312 e. The molecule has 0 amide bonds. The number of nitrogens with zero attached hydrogens (tertiary/aromatic N) is 2. The third-order valence-electron chi connectivity index (χ3n) is 2.50. The molecule has 2 aromatic rings. The van der Waals surface area contributed by atoms with Crippen LogP contribution in [0, 0.1) is 5.82 Å². The van der Waals surface area contributed by atoms with Crippen molar-refractivity contribution in [2.24, 2.45) is 7.05 Å². The highest BCUT2D eigenvalue weighted by molar-refractivity contribution is 5.16. The molecule has 0 fully saturated rings. The van der Waals surface area contributed by atoms with Gasteiger partial charge in [-0.25, -0.2) is 4.39 Å². The van der Waals surface area contributed by atoms with Crippen LogP contribution >= 0.6 is 0 Å². The molecule has 0 bridgehead atoms. The van der Waals surface area contributed by atoms with E-state index in [4.69, 9.17) is 0 Å². The number of hydrogen-bond acceptors (Lipinski definition) is 2. The maximum Gasteiger partial charge on any atom is 0.316 e. The van der Waals surface area contributed by atoms with Crippen LogP contribution in [0.15, 0.2) is 46.2 Å². The SMILES string of the molecule is Cn1ccn(Cc2ccc(F)cc2)c(=O)c1=O. The molecular weight excluding hydrogens is 223 g/mol. The minimum absolute atomic E-state index is 0.259. The van der Waals surface area contributed by atoms with Crippen LogP contribution in [0.25, 0.3) is 0 Å². The number of benzene rings is 1. The predicted octanol–water partition coefficient (Wildman–Crippen LogP) is 0.734. The summed E-state index contributed by atoms with van der Waals surface area (Å²) in [6.45, 7) is 0.259. The van der Waals surface area contributed by atoms with Gasteiger partial charge in [0, 0.05) is 19.4 Å². The Balaban J connectivity index is 2.37. The van der Waals surface area contributed by atoms with E-state index >= 15 is 0 Å². The van der Waals surface area contributed by atoms with E-state index in [0.717, 1.165) is 5.56 Å². The van der Waals surface area contributed by atoms with E-state index < -0.39 is 11.1 Å². The molecule has 0 aliphatic heterocycles. The van der Waals surface area contributed by atoms with Gasteiger partial charge in [0.15, 0.2) is 0 Å². The average molecular weight is 234 g/mol. The first-order chi connectivity index (χ1) is 8.08. The van der Waals surface area contributed by atoms with Gasteiger partial charge in [-0.2, -0.15) is 0 Å². The Hall–Kier alpha value is -2.17. The molecule has 0 saturated heterocycles. The zero-order chi connectivity index (χ0) is 12.4. The second-order valence-corrected chi connectivity index (χ2v) is 3.77. The van der Waals surface area contributed by atoms with Crippen molar-refractivity contribution in [3.8, 4) is 0 Å². The molecule has 1 heterocycles. The molecule has 0 N–H and O–H groups in total. The molecule has 4 nitrogen and oxygen atoms in total. The van der Waals surface area contributed by atoms with Gasteiger partial charge in [-0.15, -0.1) is 0 Å². The van der Waals surface area contributed by atoms with E-state index in [-0.39, 0.29) is 12.4 Å². The van der Waals surface area contributed by atoms with Crippen molar-refractivity contribution in [3.05, 3.63) is 68.7 Å². The Kier molecular flexibility index (Phi) is 2.91. The topological polar surface area (TPSA) is 44.0 Å². The molecule has 88 valence electrons. The highest BCUT2D eigenvalue weighted by atomic mass is 19.1. The molecule has 0 spiro atoms. The van der Waals surface area contributed by atoms with Gasteiger partial charge in [-0.3, -0.25) is 9.59 Å². The van der Waals surface area contributed by atoms with E-state index in [1.165, 1.54) is 40.7 Å². The molecule has 2 rings (SSSR count). The van der Waals surface area contributed by atoms with Crippen molar-refractivity contribution < 1.29 is 4.39 Å². The molecule has 1 aromatic carbocycles. The quantitative estimate of drug-likeness (QED) is 0.719. The lowest BCUT2D eigenvalue weighted by Crippen LogP contribution is -2.39. The molecule has 0 unspecified atom stereocenters. The van der Waals surface area contributed by atoms with Crippen LogP contribution in [0.1, 0.15) is 5.56 Å². The van der Waals surface area contributed by atoms with Gasteiger partial charge >= 0.3 is 11.1 Å². The third kappa shape index (κ3) is 2.33. The largest absolute Gasteiger partial charge is 0.316 e. The lowest BCUT2D eigenvalue weighted by molar-refractivity contribution is 0.625. The summed E-state index contributed by atoms with van der Waals surface area (Å²) in [4.78, 5) is 23.0. The average Bonchev–Trinajstić information content (AvgIpc) is 2.33. The minimum Gasteiger partial charge on any atom is -0.312 e. The van der Waals surface area contributed by atoms with Gasteiger partial charge < -0.3 is 9.13 Å². The van der Waals surface area contributed by atoms with Crippen LogP contribution in [0.3, 0.4) is 0 Å². The van der Waals surface area contributed by atoms with Crippen molar-refractivity contribution in [1.82, 2.24) is 9.13 Å². The number of rotatable bonds is 2. The summed E-state index contributed by atoms with van der Waals surface area (Å²) in [6, 6.07) is 5.81. The Morgan fingerprint density at radius 2 is 1.71 bits per heavy atom. The molecule has 0 atom stereocenters. The van der Waals surface area contributed by atoms with Gasteiger partial charge in [-0.1, -0.05) is 12.1 Å². The Morgan fingerprint density at radius 3 is 2.35 bits per heavy atom. The van der Waals surface area contributed by atoms with Gasteiger partial charge in [0.05, 0.1) is 6.54 Å². The summed E-state index contributed by atoms with van der Waals surface area (Å²) in [5, 5.41) is 0. The van der Waals surface area contributed by atoms with Crippen molar-refractivity contribution in [1.29, 1.82) is 0 Å². The maximum atomic E-state index is 12.7. The Bertz CT molecular complexity index is 641. The lowest BCUT2D eigenvalue weighted by atomic mass is 10.2. The molecule has 0 aliphatic rings. The fraction of sp³-hybridized carbons (Fsp3) is 0.167. The second-order valence-electron chi connectivity index (χ2n) is 3.77. The van der Waals surface area contributed by atoms with Crippen LogP contribution in [0.4, 0.5) is 4.39 Å². The van der Waals surface area contributed by atoms with E-state index in [2.05, 4.69) is 0 Å². The third-order valence-corrected chi connectivity index (χ3v) is 2.50. The summed E-state index contributed by atoms with van der Waals surface area (Å²) in [7, 11) is 1.52. The van der Waals surface area contributed by atoms with E-state index in [1.54, 1.807) is 12.1 Å². The monoisotopic (exact) mass is 234 g/mol. The molecule has 0 aliphatic carbocycles. The van der Waals surface area contributed by atoms with E-state index in [0.29, 0.717) is 0 Å². The predicted molar refractivity (Wildman–Crippen MR) is 61.4 cm³/mol. The van der Waals surface area contributed by atoms with Crippen molar-refractivity contribution in [3.63, 3.8) is 0 Å². The van der Waals surface area contributed by atoms with Crippen LogP contribution in [-0.4, -0.2) is 9.13 Å². The van der Waals surface area contributed by atoms with E-state index in [1.807, 2.05) is 0 Å². The van der Waals surface area contributed by atoms with Crippen molar-refractivity contribution in [2.45, 2.75) is 6.54 Å². The lowest BCUT2D eigenvalue weighted by Gasteiger charge is -2.06. The number of halogens is 1. The number of aryl methyl sites for hydroxylation is 1. The van der Waals surface area contributed by atoms with Crippen molar-refractivity contribution in [2.75, 3.05) is 0 Å². The highest BCUT2D eigenvalue weighted by Crippen LogP contribution is 2.03. The Labute approximate surface area is 96.6 Å². The summed E-state index contributed by atoms with van der Waals surface area (Å²) in [5.74, 6) is -0.329. The number of hydrogen-bond donors (Lipinski definition) is 0. The van der Waals surface area contributed by atoms with Crippen LogP contribution in [0.5, 0.6) is 0 Å². The maximum absolute atomic E-state index is 12.7. The standard InChI is InChI=1S/C12H11FN2O2/c1-14-6-7-15(12(17)11(14)16)8-9-2-4-10(13)5-3-9/h2-7H,8H2,1H3. The molecule has 17 heavy (non-hydrogen) atoms. The van der Waals surface area contributed by atoms with Gasteiger partial charge in [-0.05, 0) is 17.7 Å². The number of aromatic nitrogens is 2. The first kappa shape index (κ1) is 11.3. The van der Waals surface area contributed by atoms with Gasteiger partial charge in [0.1, 0.15) is 5.82 Å². The van der Waals surface area contributed by atoms with Crippen LogP contribution < -0.4 is 11.1 Å². The summed E-state index contributed by atoms with van der Waals surface area (Å²) in [6.07, 6.45) is 3.06. The molecule has 0 saturated carbocycles. The van der Waals surface area contributed by atoms with Crippen LogP contribution in [-0.2, 0) is 13.6 Å². The highest BCUT2D eigenvalue weighted by Gasteiger charge is 2.03. The molecule has 0 radical (unpaired) electrons. The van der Waals surface area contributed by atoms with Crippen LogP contribution in [0.2, 0.25) is 0 Å². The molecule has 5 heteroatoms. The summed E-state index contributed by atoms with van der Waals surface area (Å²) >= 11 is 0. The fourth-order valence-corrected chi connectivity index (χ4v) is 1.50. The normalized spacial score (nSPS) is 10.5. The minimum atomic E-state index is -0.584. The zero-order valence-corrected chi connectivity index (χ0v) is 9.26. The summed E-state index contributed by atoms with van der Waals surface area (Å²) in [5.41, 5.74) is -0.393. The van der Waals surface area contributed by atoms with Gasteiger partial charge in [0.2, 0.25) is 0 Å². The summed E-state index contributed by atoms with van der Waals surface area (Å²) < 4.78 is 15.2. The zero-order valence-electron chi connectivity index (χ0n) is 9.26. The van der Waals surface area contributed by atoms with Crippen molar-refractivity contribution >= 4 is 0 Å². The first-order valence-corrected chi connectivity index (χ1v) is 5.08. The van der Waals surface area contributed by atoms with Gasteiger partial charge in [0.25, 0.3) is 0 Å². The molecule has 1 aromatic heterocycles. The first-order valence-electron chi connectivity index (χ1n) is 5.08. The van der Waals surface area contributed by atoms with E-state index in [9.17, 15) is 14.0 Å². The Morgan fingerprint density at radius 1 is 1.06 bits per heavy atom. The fourth-order valence-electron chi connectivity index (χ4n) is 1.50.